The van der Waals surface area contributed by atoms with Gasteiger partial charge in [0, 0.05) is 50.9 Å². The average Bonchev–Trinajstić information content (AvgIpc) is 2.83. The molecule has 3 rings (SSSR count). The van der Waals surface area contributed by atoms with E-state index in [-0.39, 0.29) is 17.7 Å². The lowest BCUT2D eigenvalue weighted by atomic mass is 9.98. The normalized spacial score (nSPS) is 22.3. The summed E-state index contributed by atoms with van der Waals surface area (Å²) in [7, 11) is 0. The number of carbonyl (C=O) groups is 2. The molecule has 2 fully saturated rings. The minimum Gasteiger partial charge on any atom is -0.356 e. The Morgan fingerprint density at radius 2 is 1.94 bits per heavy atom. The van der Waals surface area contributed by atoms with E-state index in [1.165, 1.54) is 32.4 Å². The van der Waals surface area contributed by atoms with Gasteiger partial charge >= 0.3 is 0 Å². The van der Waals surface area contributed by atoms with Gasteiger partial charge in [-0.15, -0.1) is 0 Å². The molecule has 7 heteroatoms. The first kappa shape index (κ1) is 23.7. The lowest BCUT2D eigenvalue weighted by Gasteiger charge is -2.26. The first-order chi connectivity index (χ1) is 15.2. The van der Waals surface area contributed by atoms with Crippen LogP contribution in [0.5, 0.6) is 0 Å². The standard InChI is InChI=1S/C24H39N5O2/c30-23-10-18-29(20-21-7-4-11-25-19-21)16-5-8-22(9-13-26-23)24(31)27-12-6-17-28-14-2-1-3-15-28/h4,7,11,19,22H,1-3,5-6,8-10,12-18,20H2,(H,26,30)(H,27,31). The van der Waals surface area contributed by atoms with E-state index >= 15 is 0 Å². The summed E-state index contributed by atoms with van der Waals surface area (Å²) in [5.74, 6) is 0.179. The molecule has 2 saturated heterocycles. The van der Waals surface area contributed by atoms with Gasteiger partial charge in [-0.25, -0.2) is 0 Å². The topological polar surface area (TPSA) is 77.6 Å². The zero-order valence-electron chi connectivity index (χ0n) is 18.9. The summed E-state index contributed by atoms with van der Waals surface area (Å²) in [5.41, 5.74) is 1.15. The molecule has 0 radical (unpaired) electrons. The molecule has 0 bridgehead atoms. The fraction of sp³-hybridized carbons (Fsp3) is 0.708. The Bertz CT molecular complexity index is 663. The maximum Gasteiger partial charge on any atom is 0.223 e. The fourth-order valence-corrected chi connectivity index (χ4v) is 4.56. The van der Waals surface area contributed by atoms with Crippen molar-refractivity contribution in [3.05, 3.63) is 30.1 Å². The Morgan fingerprint density at radius 3 is 2.74 bits per heavy atom. The Morgan fingerprint density at radius 1 is 1.10 bits per heavy atom. The predicted molar refractivity (Wildman–Crippen MR) is 122 cm³/mol. The van der Waals surface area contributed by atoms with E-state index in [0.29, 0.717) is 19.4 Å². The van der Waals surface area contributed by atoms with Crippen LogP contribution < -0.4 is 10.6 Å². The predicted octanol–water partition coefficient (Wildman–Crippen LogP) is 2.18. The van der Waals surface area contributed by atoms with Crippen LogP contribution >= 0.6 is 0 Å². The van der Waals surface area contributed by atoms with Crippen LogP contribution in [-0.2, 0) is 16.1 Å². The fourth-order valence-electron chi connectivity index (χ4n) is 4.56. The number of rotatable bonds is 7. The van der Waals surface area contributed by atoms with Crippen molar-refractivity contribution in [1.82, 2.24) is 25.4 Å². The second-order valence-corrected chi connectivity index (χ2v) is 8.91. The Kier molecular flexibility index (Phi) is 10.3. The van der Waals surface area contributed by atoms with Crippen LogP contribution in [0.25, 0.3) is 0 Å². The van der Waals surface area contributed by atoms with Gasteiger partial charge in [-0.3, -0.25) is 19.5 Å². The van der Waals surface area contributed by atoms with Crippen LogP contribution in [0.3, 0.4) is 0 Å². The van der Waals surface area contributed by atoms with Crippen molar-refractivity contribution in [3.8, 4) is 0 Å². The number of piperidine rings is 1. The van der Waals surface area contributed by atoms with E-state index in [1.54, 1.807) is 6.20 Å². The van der Waals surface area contributed by atoms with Crippen molar-refractivity contribution >= 4 is 11.8 Å². The quantitative estimate of drug-likeness (QED) is 0.650. The third-order valence-electron chi connectivity index (χ3n) is 6.40. The highest BCUT2D eigenvalue weighted by Crippen LogP contribution is 2.15. The summed E-state index contributed by atoms with van der Waals surface area (Å²) in [6.07, 6.45) is 11.7. The van der Waals surface area contributed by atoms with E-state index in [0.717, 1.165) is 57.5 Å². The first-order valence-corrected chi connectivity index (χ1v) is 12.1. The van der Waals surface area contributed by atoms with E-state index in [1.807, 2.05) is 12.3 Å². The van der Waals surface area contributed by atoms with E-state index in [4.69, 9.17) is 0 Å². The van der Waals surface area contributed by atoms with E-state index < -0.39 is 0 Å². The van der Waals surface area contributed by atoms with Crippen molar-refractivity contribution in [2.45, 2.75) is 57.9 Å². The van der Waals surface area contributed by atoms with Crippen LogP contribution in [0.2, 0.25) is 0 Å². The van der Waals surface area contributed by atoms with Gasteiger partial charge in [0.15, 0.2) is 0 Å². The smallest absolute Gasteiger partial charge is 0.223 e. The highest BCUT2D eigenvalue weighted by Gasteiger charge is 2.20. The van der Waals surface area contributed by atoms with Crippen molar-refractivity contribution in [3.63, 3.8) is 0 Å². The van der Waals surface area contributed by atoms with Gasteiger partial charge in [0.2, 0.25) is 11.8 Å². The average molecular weight is 430 g/mol. The molecular weight excluding hydrogens is 390 g/mol. The number of carbonyl (C=O) groups excluding carboxylic acids is 2. The van der Waals surface area contributed by atoms with Gasteiger partial charge in [0.05, 0.1) is 0 Å². The molecule has 7 nitrogen and oxygen atoms in total. The molecule has 3 heterocycles. The largest absolute Gasteiger partial charge is 0.356 e. The zero-order valence-corrected chi connectivity index (χ0v) is 18.9. The Balaban J connectivity index is 1.44. The summed E-state index contributed by atoms with van der Waals surface area (Å²) in [4.78, 5) is 34.0. The minimum absolute atomic E-state index is 0.0337. The SMILES string of the molecule is O=C1CCN(Cc2cccnc2)CCCC(C(=O)NCCCN2CCCCC2)CCN1. The zero-order chi connectivity index (χ0) is 21.7. The summed E-state index contributed by atoms with van der Waals surface area (Å²) >= 11 is 0. The molecule has 0 spiro atoms. The van der Waals surface area contributed by atoms with Gasteiger partial charge in [-0.05, 0) is 76.3 Å². The van der Waals surface area contributed by atoms with Crippen LogP contribution in [0.15, 0.2) is 24.5 Å². The monoisotopic (exact) mass is 429 g/mol. The number of pyridine rings is 1. The molecule has 2 N–H and O–H groups in total. The third-order valence-corrected chi connectivity index (χ3v) is 6.40. The van der Waals surface area contributed by atoms with Gasteiger partial charge in [-0.2, -0.15) is 0 Å². The molecule has 31 heavy (non-hydrogen) atoms. The van der Waals surface area contributed by atoms with Gasteiger partial charge in [0.25, 0.3) is 0 Å². The minimum atomic E-state index is -0.0337. The van der Waals surface area contributed by atoms with Crippen molar-refractivity contribution < 1.29 is 9.59 Å². The molecule has 0 aromatic carbocycles. The molecule has 2 aliphatic heterocycles. The Labute approximate surface area is 187 Å². The van der Waals surface area contributed by atoms with Gasteiger partial charge in [-0.1, -0.05) is 12.5 Å². The molecule has 0 saturated carbocycles. The summed E-state index contributed by atoms with van der Waals surface area (Å²) in [5, 5.41) is 6.15. The number of likely N-dealkylation sites (tertiary alicyclic amines) is 1. The second kappa shape index (κ2) is 13.4. The highest BCUT2D eigenvalue weighted by atomic mass is 16.2. The lowest BCUT2D eigenvalue weighted by Crippen LogP contribution is -2.36. The second-order valence-electron chi connectivity index (χ2n) is 8.91. The van der Waals surface area contributed by atoms with Gasteiger partial charge < -0.3 is 15.5 Å². The van der Waals surface area contributed by atoms with Crippen molar-refractivity contribution in [1.29, 1.82) is 0 Å². The van der Waals surface area contributed by atoms with Crippen molar-refractivity contribution in [2.24, 2.45) is 5.92 Å². The molecule has 1 atom stereocenters. The van der Waals surface area contributed by atoms with Gasteiger partial charge in [0.1, 0.15) is 0 Å². The third kappa shape index (κ3) is 8.95. The maximum absolute atomic E-state index is 12.8. The number of hydrogen-bond acceptors (Lipinski definition) is 5. The number of aromatic nitrogens is 1. The number of nitrogens with one attached hydrogen (secondary N) is 2. The molecule has 1 aromatic rings. The van der Waals surface area contributed by atoms with Crippen molar-refractivity contribution in [2.75, 3.05) is 45.8 Å². The summed E-state index contributed by atoms with van der Waals surface area (Å²) in [6, 6.07) is 4.01. The first-order valence-electron chi connectivity index (χ1n) is 12.1. The van der Waals surface area contributed by atoms with Crippen LogP contribution in [-0.4, -0.2) is 72.4 Å². The number of nitrogens with zero attached hydrogens (tertiary/aromatic N) is 3. The van der Waals surface area contributed by atoms with E-state index in [2.05, 4.69) is 31.5 Å². The summed E-state index contributed by atoms with van der Waals surface area (Å²) < 4.78 is 0. The van der Waals surface area contributed by atoms with Crippen LogP contribution in [0, 0.1) is 5.92 Å². The number of hydrogen-bond donors (Lipinski definition) is 2. The molecule has 1 unspecified atom stereocenters. The molecule has 2 aliphatic rings. The molecular formula is C24H39N5O2. The summed E-state index contributed by atoms with van der Waals surface area (Å²) in [6.45, 7) is 7.20. The lowest BCUT2D eigenvalue weighted by molar-refractivity contribution is -0.126. The maximum atomic E-state index is 12.8. The number of amides is 2. The van der Waals surface area contributed by atoms with Crippen LogP contribution in [0.4, 0.5) is 0 Å². The van der Waals surface area contributed by atoms with Crippen LogP contribution in [0.1, 0.15) is 56.9 Å². The molecule has 0 aliphatic carbocycles. The highest BCUT2D eigenvalue weighted by molar-refractivity contribution is 5.79. The molecule has 1 aromatic heterocycles. The Hall–Kier alpha value is -1.99. The van der Waals surface area contributed by atoms with E-state index in [9.17, 15) is 9.59 Å². The molecule has 172 valence electrons. The molecule has 2 amide bonds.